The van der Waals surface area contributed by atoms with Crippen molar-refractivity contribution in [2.75, 3.05) is 0 Å². The first kappa shape index (κ1) is 12.5. The van der Waals surface area contributed by atoms with Gasteiger partial charge in [-0.15, -0.1) is 10.2 Å². The molecule has 20 heavy (non-hydrogen) atoms. The van der Waals surface area contributed by atoms with Gasteiger partial charge in [0.05, 0.1) is 11.8 Å². The second kappa shape index (κ2) is 4.22. The quantitative estimate of drug-likeness (QED) is 0.744. The van der Waals surface area contributed by atoms with Crippen molar-refractivity contribution >= 4 is 5.65 Å². The number of hydrogen-bond acceptors (Lipinski definition) is 3. The van der Waals surface area contributed by atoms with Gasteiger partial charge in [-0.2, -0.15) is 13.2 Å². The van der Waals surface area contributed by atoms with Gasteiger partial charge in [-0.25, -0.2) is 0 Å². The van der Waals surface area contributed by atoms with Crippen LogP contribution in [0.15, 0.2) is 42.6 Å². The molecule has 0 atom stereocenters. The molecular formula is C13H8F3N3O. The molecule has 0 aliphatic rings. The van der Waals surface area contributed by atoms with Crippen LogP contribution in [-0.4, -0.2) is 19.7 Å². The molecule has 2 aromatic heterocycles. The zero-order valence-electron chi connectivity index (χ0n) is 9.96. The van der Waals surface area contributed by atoms with Gasteiger partial charge in [0.2, 0.25) is 0 Å². The summed E-state index contributed by atoms with van der Waals surface area (Å²) in [5.41, 5.74) is 0.256. The molecule has 0 fully saturated rings. The molecule has 0 saturated carbocycles. The fraction of sp³-hybridized carbons (Fsp3) is 0.0769. The number of hydrogen-bond donors (Lipinski definition) is 1. The van der Waals surface area contributed by atoms with E-state index in [0.717, 1.165) is 12.1 Å². The van der Waals surface area contributed by atoms with Crippen LogP contribution in [-0.2, 0) is 6.18 Å². The molecule has 0 bridgehead atoms. The standard InChI is InChI=1S/C13H8F3N3O/c14-13(15,16)9-3-1-8(2-4-9)12-18-17-11-6-5-10(20)7-19(11)12/h1-7,20H. The third-order valence-electron chi connectivity index (χ3n) is 2.86. The number of fused-ring (bicyclic) bond motifs is 1. The number of alkyl halides is 3. The lowest BCUT2D eigenvalue weighted by Crippen LogP contribution is -2.04. The molecule has 1 aromatic carbocycles. The summed E-state index contributed by atoms with van der Waals surface area (Å²) in [7, 11) is 0. The Balaban J connectivity index is 2.09. The maximum Gasteiger partial charge on any atom is 0.416 e. The van der Waals surface area contributed by atoms with Crippen LogP contribution >= 0.6 is 0 Å². The van der Waals surface area contributed by atoms with Crippen molar-refractivity contribution in [1.82, 2.24) is 14.6 Å². The minimum absolute atomic E-state index is 0.0189. The Kier molecular flexibility index (Phi) is 2.63. The van der Waals surface area contributed by atoms with E-state index >= 15 is 0 Å². The van der Waals surface area contributed by atoms with Crippen LogP contribution in [0.25, 0.3) is 17.0 Å². The minimum atomic E-state index is -4.37. The molecule has 0 saturated heterocycles. The van der Waals surface area contributed by atoms with Crippen LogP contribution in [0.1, 0.15) is 5.56 Å². The average Bonchev–Trinajstić information content (AvgIpc) is 2.81. The largest absolute Gasteiger partial charge is 0.506 e. The molecule has 102 valence electrons. The highest BCUT2D eigenvalue weighted by molar-refractivity contribution is 5.60. The molecule has 0 radical (unpaired) electrons. The molecule has 0 unspecified atom stereocenters. The van der Waals surface area contributed by atoms with E-state index in [1.54, 1.807) is 6.07 Å². The summed E-state index contributed by atoms with van der Waals surface area (Å²) in [6.45, 7) is 0. The zero-order valence-corrected chi connectivity index (χ0v) is 9.96. The first-order valence-corrected chi connectivity index (χ1v) is 5.66. The summed E-state index contributed by atoms with van der Waals surface area (Å²) in [6.07, 6.45) is -2.97. The molecule has 3 rings (SSSR count). The molecule has 3 aromatic rings. The molecule has 0 spiro atoms. The van der Waals surface area contributed by atoms with Gasteiger partial charge in [-0.05, 0) is 24.3 Å². The predicted molar refractivity (Wildman–Crippen MR) is 65.1 cm³/mol. The number of pyridine rings is 1. The van der Waals surface area contributed by atoms with Crippen LogP contribution in [0, 0.1) is 0 Å². The minimum Gasteiger partial charge on any atom is -0.506 e. The van der Waals surface area contributed by atoms with Crippen molar-refractivity contribution in [1.29, 1.82) is 0 Å². The summed E-state index contributed by atoms with van der Waals surface area (Å²) < 4.78 is 39.0. The van der Waals surface area contributed by atoms with Gasteiger partial charge in [0.1, 0.15) is 5.75 Å². The average molecular weight is 279 g/mol. The molecule has 7 heteroatoms. The van der Waals surface area contributed by atoms with Crippen LogP contribution in [0.5, 0.6) is 5.75 Å². The number of aromatic nitrogens is 3. The SMILES string of the molecule is Oc1ccc2nnc(-c3ccc(C(F)(F)F)cc3)n2c1. The van der Waals surface area contributed by atoms with Gasteiger partial charge in [0.25, 0.3) is 0 Å². The fourth-order valence-corrected chi connectivity index (χ4v) is 1.88. The summed E-state index contributed by atoms with van der Waals surface area (Å²) in [6, 6.07) is 7.64. The first-order valence-electron chi connectivity index (χ1n) is 5.66. The third-order valence-corrected chi connectivity index (χ3v) is 2.86. The monoisotopic (exact) mass is 279 g/mol. The highest BCUT2D eigenvalue weighted by Crippen LogP contribution is 2.30. The Morgan fingerprint density at radius 3 is 2.30 bits per heavy atom. The van der Waals surface area contributed by atoms with Crippen molar-refractivity contribution in [2.45, 2.75) is 6.18 Å². The van der Waals surface area contributed by atoms with E-state index in [9.17, 15) is 18.3 Å². The number of rotatable bonds is 1. The molecule has 2 heterocycles. The van der Waals surface area contributed by atoms with Gasteiger partial charge >= 0.3 is 6.18 Å². The summed E-state index contributed by atoms with van der Waals surface area (Å²) in [4.78, 5) is 0. The maximum absolute atomic E-state index is 12.5. The Labute approximate surface area is 111 Å². The maximum atomic E-state index is 12.5. The Morgan fingerprint density at radius 2 is 1.65 bits per heavy atom. The van der Waals surface area contributed by atoms with Crippen LogP contribution in [0.3, 0.4) is 0 Å². The van der Waals surface area contributed by atoms with Crippen molar-refractivity contribution in [3.8, 4) is 17.1 Å². The van der Waals surface area contributed by atoms with Gasteiger partial charge in [-0.1, -0.05) is 12.1 Å². The number of aromatic hydroxyl groups is 1. The lowest BCUT2D eigenvalue weighted by molar-refractivity contribution is -0.137. The normalized spacial score (nSPS) is 11.9. The Morgan fingerprint density at radius 1 is 0.950 bits per heavy atom. The highest BCUT2D eigenvalue weighted by Gasteiger charge is 2.30. The molecule has 0 aliphatic heterocycles. The van der Waals surface area contributed by atoms with E-state index in [4.69, 9.17) is 0 Å². The molecule has 1 N–H and O–H groups in total. The van der Waals surface area contributed by atoms with Crippen molar-refractivity contribution < 1.29 is 18.3 Å². The topological polar surface area (TPSA) is 50.4 Å². The molecule has 4 nitrogen and oxygen atoms in total. The second-order valence-corrected chi connectivity index (χ2v) is 4.21. The van der Waals surface area contributed by atoms with E-state index in [1.807, 2.05) is 0 Å². The van der Waals surface area contributed by atoms with E-state index in [0.29, 0.717) is 17.0 Å². The van der Waals surface area contributed by atoms with Crippen molar-refractivity contribution in [2.24, 2.45) is 0 Å². The van der Waals surface area contributed by atoms with Gasteiger partial charge in [0.15, 0.2) is 11.5 Å². The number of nitrogens with zero attached hydrogens (tertiary/aromatic N) is 3. The smallest absolute Gasteiger partial charge is 0.416 e. The van der Waals surface area contributed by atoms with E-state index in [1.165, 1.54) is 28.8 Å². The van der Waals surface area contributed by atoms with E-state index in [-0.39, 0.29) is 5.75 Å². The lowest BCUT2D eigenvalue weighted by atomic mass is 10.1. The van der Waals surface area contributed by atoms with Crippen LogP contribution < -0.4 is 0 Å². The Bertz CT molecular complexity index is 763. The Hall–Kier alpha value is -2.57. The molecule has 0 amide bonds. The third kappa shape index (κ3) is 2.07. The highest BCUT2D eigenvalue weighted by atomic mass is 19.4. The number of halogens is 3. The lowest BCUT2D eigenvalue weighted by Gasteiger charge is -2.07. The van der Waals surface area contributed by atoms with E-state index < -0.39 is 11.7 Å². The fourth-order valence-electron chi connectivity index (χ4n) is 1.88. The van der Waals surface area contributed by atoms with Crippen LogP contribution in [0.2, 0.25) is 0 Å². The van der Waals surface area contributed by atoms with Crippen molar-refractivity contribution in [3.05, 3.63) is 48.2 Å². The summed E-state index contributed by atoms with van der Waals surface area (Å²) in [5.74, 6) is 0.384. The first-order chi connectivity index (χ1) is 9.45. The van der Waals surface area contributed by atoms with Gasteiger partial charge in [-0.3, -0.25) is 4.40 Å². The van der Waals surface area contributed by atoms with Gasteiger partial charge < -0.3 is 5.11 Å². The van der Waals surface area contributed by atoms with E-state index in [2.05, 4.69) is 10.2 Å². The van der Waals surface area contributed by atoms with Crippen molar-refractivity contribution in [3.63, 3.8) is 0 Å². The summed E-state index contributed by atoms with van der Waals surface area (Å²) in [5, 5.41) is 17.3. The predicted octanol–water partition coefficient (Wildman–Crippen LogP) is 3.12. The molecular weight excluding hydrogens is 271 g/mol. The number of benzene rings is 1. The molecule has 0 aliphatic carbocycles. The van der Waals surface area contributed by atoms with Crippen LogP contribution in [0.4, 0.5) is 13.2 Å². The zero-order chi connectivity index (χ0) is 14.3. The summed E-state index contributed by atoms with van der Waals surface area (Å²) >= 11 is 0. The second-order valence-electron chi connectivity index (χ2n) is 4.21. The van der Waals surface area contributed by atoms with Gasteiger partial charge in [0, 0.05) is 5.56 Å².